The second-order valence-corrected chi connectivity index (χ2v) is 4.62. The molecule has 0 unspecified atom stereocenters. The maximum atomic E-state index is 12.8. The molecule has 2 aromatic heterocycles. The molecule has 0 aliphatic rings. The largest absolute Gasteiger partial charge is 0.417 e. The molecular weight excluding hydrogens is 356 g/mol. The number of halogens is 6. The van der Waals surface area contributed by atoms with Gasteiger partial charge < -0.3 is 0 Å². The number of nitrogens with one attached hydrogen (secondary N) is 1. The van der Waals surface area contributed by atoms with Crippen LogP contribution in [-0.2, 0) is 12.4 Å². The van der Waals surface area contributed by atoms with Crippen molar-refractivity contribution < 1.29 is 35.9 Å². The minimum atomic E-state index is -4.91. The van der Waals surface area contributed by atoms with E-state index in [1.807, 2.05) is 0 Å². The third kappa shape index (κ3) is 4.11. The van der Waals surface area contributed by atoms with E-state index in [9.17, 15) is 35.9 Å². The van der Waals surface area contributed by atoms with Crippen molar-refractivity contribution in [2.75, 3.05) is 0 Å². The fourth-order valence-electron chi connectivity index (χ4n) is 1.88. The minimum absolute atomic E-state index is 0.505. The highest BCUT2D eigenvalue weighted by Gasteiger charge is 2.37. The summed E-state index contributed by atoms with van der Waals surface area (Å²) in [5.41, 5.74) is -4.76. The molecule has 2 amide bonds. The Morgan fingerprint density at radius 3 is 1.44 bits per heavy atom. The number of carbonyl (C=O) groups is 2. The molecule has 25 heavy (non-hydrogen) atoms. The normalized spacial score (nSPS) is 11.9. The molecule has 132 valence electrons. The van der Waals surface area contributed by atoms with Gasteiger partial charge in [-0.1, -0.05) is 0 Å². The van der Waals surface area contributed by atoms with E-state index in [-0.39, 0.29) is 0 Å². The molecular formula is C14H7F6N3O2. The highest BCUT2D eigenvalue weighted by molar-refractivity contribution is 6.11. The molecule has 2 rings (SSSR count). The average molecular weight is 363 g/mol. The van der Waals surface area contributed by atoms with Crippen molar-refractivity contribution in [3.8, 4) is 0 Å². The summed E-state index contributed by atoms with van der Waals surface area (Å²) in [7, 11) is 0. The van der Waals surface area contributed by atoms with Gasteiger partial charge in [-0.3, -0.25) is 24.9 Å². The summed E-state index contributed by atoms with van der Waals surface area (Å²) in [5, 5.41) is 1.48. The molecule has 0 bridgehead atoms. The fraction of sp³-hybridized carbons (Fsp3) is 0.143. The van der Waals surface area contributed by atoms with Crippen LogP contribution < -0.4 is 5.32 Å². The molecule has 0 saturated heterocycles. The lowest BCUT2D eigenvalue weighted by Crippen LogP contribution is -2.33. The first kappa shape index (κ1) is 18.4. The summed E-state index contributed by atoms with van der Waals surface area (Å²) in [6, 6.07) is 1.01. The summed E-state index contributed by atoms with van der Waals surface area (Å²) in [6.07, 6.45) is -7.15. The Morgan fingerprint density at radius 2 is 1.12 bits per heavy atom. The number of nitrogens with zero attached hydrogens (tertiary/aromatic N) is 2. The van der Waals surface area contributed by atoms with Crippen molar-refractivity contribution in [2.24, 2.45) is 0 Å². The maximum Gasteiger partial charge on any atom is 0.417 e. The topological polar surface area (TPSA) is 72.0 Å². The van der Waals surface area contributed by atoms with Gasteiger partial charge in [0.1, 0.15) is 0 Å². The Hall–Kier alpha value is -2.98. The number of imide groups is 1. The number of alkyl halides is 6. The highest BCUT2D eigenvalue weighted by Crippen LogP contribution is 2.32. The molecule has 0 saturated carbocycles. The van der Waals surface area contributed by atoms with E-state index in [2.05, 4.69) is 9.97 Å². The van der Waals surface area contributed by atoms with Crippen LogP contribution in [0.5, 0.6) is 0 Å². The van der Waals surface area contributed by atoms with E-state index in [4.69, 9.17) is 0 Å². The SMILES string of the molecule is O=C(NC(=O)c1cnccc1C(F)(F)F)c1cnccc1C(F)(F)F. The molecule has 1 N–H and O–H groups in total. The molecule has 5 nitrogen and oxygen atoms in total. The van der Waals surface area contributed by atoms with Crippen molar-refractivity contribution >= 4 is 11.8 Å². The summed E-state index contributed by atoms with van der Waals surface area (Å²) < 4.78 is 77.0. The Kier molecular flexibility index (Phi) is 4.77. The zero-order chi connectivity index (χ0) is 18.8. The third-order valence-electron chi connectivity index (χ3n) is 2.97. The van der Waals surface area contributed by atoms with Gasteiger partial charge in [-0.25, -0.2) is 0 Å². The highest BCUT2D eigenvalue weighted by atomic mass is 19.4. The Morgan fingerprint density at radius 1 is 0.760 bits per heavy atom. The molecule has 0 radical (unpaired) electrons. The molecule has 0 aliphatic heterocycles. The number of carbonyl (C=O) groups excluding carboxylic acids is 2. The van der Waals surface area contributed by atoms with Gasteiger partial charge in [0.2, 0.25) is 0 Å². The lowest BCUT2D eigenvalue weighted by molar-refractivity contribution is -0.138. The summed E-state index contributed by atoms with van der Waals surface area (Å²) >= 11 is 0. The molecule has 2 heterocycles. The minimum Gasteiger partial charge on any atom is -0.288 e. The van der Waals surface area contributed by atoms with Crippen LogP contribution in [0.15, 0.2) is 36.9 Å². The Labute approximate surface area is 135 Å². The van der Waals surface area contributed by atoms with Gasteiger partial charge in [-0.15, -0.1) is 0 Å². The maximum absolute atomic E-state index is 12.8. The lowest BCUT2D eigenvalue weighted by atomic mass is 10.1. The molecule has 0 aromatic carbocycles. The summed E-state index contributed by atoms with van der Waals surface area (Å²) in [6.45, 7) is 0. The van der Waals surface area contributed by atoms with Gasteiger partial charge in [0.15, 0.2) is 0 Å². The molecule has 2 aromatic rings. The van der Waals surface area contributed by atoms with Crippen LogP contribution in [0.4, 0.5) is 26.3 Å². The second kappa shape index (κ2) is 6.49. The average Bonchev–Trinajstić information content (AvgIpc) is 2.53. The van der Waals surface area contributed by atoms with E-state index in [1.165, 1.54) is 5.32 Å². The molecule has 0 atom stereocenters. The van der Waals surface area contributed by atoms with Crippen LogP contribution in [0.1, 0.15) is 31.8 Å². The van der Waals surface area contributed by atoms with Gasteiger partial charge in [0.25, 0.3) is 11.8 Å². The van der Waals surface area contributed by atoms with E-state index >= 15 is 0 Å². The van der Waals surface area contributed by atoms with Crippen molar-refractivity contribution in [1.29, 1.82) is 0 Å². The van der Waals surface area contributed by atoms with Gasteiger partial charge in [0, 0.05) is 24.8 Å². The van der Waals surface area contributed by atoms with Crippen LogP contribution >= 0.6 is 0 Å². The number of aromatic nitrogens is 2. The number of rotatable bonds is 2. The number of amides is 2. The van der Waals surface area contributed by atoms with Crippen LogP contribution in [0.2, 0.25) is 0 Å². The van der Waals surface area contributed by atoms with Gasteiger partial charge in [0.05, 0.1) is 22.3 Å². The van der Waals surface area contributed by atoms with E-state index in [1.54, 1.807) is 0 Å². The first-order valence-corrected chi connectivity index (χ1v) is 6.40. The lowest BCUT2D eigenvalue weighted by Gasteiger charge is -2.13. The van der Waals surface area contributed by atoms with Crippen molar-refractivity contribution in [3.63, 3.8) is 0 Å². The second-order valence-electron chi connectivity index (χ2n) is 4.62. The fourth-order valence-corrected chi connectivity index (χ4v) is 1.88. The number of hydrogen-bond donors (Lipinski definition) is 1. The van der Waals surface area contributed by atoms with Gasteiger partial charge in [-0.05, 0) is 12.1 Å². The van der Waals surface area contributed by atoms with Crippen LogP contribution in [0.25, 0.3) is 0 Å². The Bertz CT molecular complexity index is 749. The predicted octanol–water partition coefficient (Wildman–Crippen LogP) is 3.08. The van der Waals surface area contributed by atoms with Crippen molar-refractivity contribution in [3.05, 3.63) is 59.2 Å². The number of pyridine rings is 2. The molecule has 11 heteroatoms. The first-order valence-electron chi connectivity index (χ1n) is 6.40. The predicted molar refractivity (Wildman–Crippen MR) is 70.3 cm³/mol. The monoisotopic (exact) mass is 363 g/mol. The summed E-state index contributed by atoms with van der Waals surface area (Å²) in [4.78, 5) is 30.5. The van der Waals surface area contributed by atoms with E-state index < -0.39 is 46.4 Å². The standard InChI is InChI=1S/C14H7F6N3O2/c15-13(16,17)9-1-3-21-5-7(9)11(24)23-12(25)8-6-22-4-2-10(8)14(18,19)20/h1-6H,(H,23,24,25). The summed E-state index contributed by atoms with van der Waals surface area (Å²) in [5.74, 6) is -3.08. The zero-order valence-corrected chi connectivity index (χ0v) is 11.9. The van der Waals surface area contributed by atoms with Crippen LogP contribution in [-0.4, -0.2) is 21.8 Å². The molecule has 0 aliphatic carbocycles. The van der Waals surface area contributed by atoms with Crippen molar-refractivity contribution in [1.82, 2.24) is 15.3 Å². The molecule has 0 spiro atoms. The third-order valence-corrected chi connectivity index (χ3v) is 2.97. The zero-order valence-electron chi connectivity index (χ0n) is 11.9. The number of hydrogen-bond acceptors (Lipinski definition) is 4. The van der Waals surface area contributed by atoms with Crippen LogP contribution in [0.3, 0.4) is 0 Å². The van der Waals surface area contributed by atoms with E-state index in [0.29, 0.717) is 24.5 Å². The van der Waals surface area contributed by atoms with Gasteiger partial charge >= 0.3 is 12.4 Å². The first-order chi connectivity index (χ1) is 11.5. The smallest absolute Gasteiger partial charge is 0.288 e. The van der Waals surface area contributed by atoms with Crippen molar-refractivity contribution in [2.45, 2.75) is 12.4 Å². The Balaban J connectivity index is 2.34. The molecule has 0 fully saturated rings. The quantitative estimate of drug-likeness (QED) is 0.658. The van der Waals surface area contributed by atoms with Gasteiger partial charge in [-0.2, -0.15) is 26.3 Å². The van der Waals surface area contributed by atoms with Crippen LogP contribution in [0, 0.1) is 0 Å². The van der Waals surface area contributed by atoms with E-state index in [0.717, 1.165) is 12.4 Å².